The molecule has 0 heterocycles. The molecular weight excluding hydrogens is 197 g/mol. The molecule has 0 aliphatic heterocycles. The fourth-order valence-corrected chi connectivity index (χ4v) is 2.08. The molecule has 0 spiro atoms. The molecule has 0 saturated carbocycles. The fraction of sp³-hybridized carbons (Fsp3) is 0.0909. The van der Waals surface area contributed by atoms with Gasteiger partial charge in [-0.15, -0.1) is 0 Å². The van der Waals surface area contributed by atoms with Crippen LogP contribution in [0.1, 0.15) is 0 Å². The lowest BCUT2D eigenvalue weighted by molar-refractivity contribution is 0.639. The van der Waals surface area contributed by atoms with Crippen molar-refractivity contribution in [2.45, 2.75) is 4.90 Å². The van der Waals surface area contributed by atoms with Gasteiger partial charge in [-0.2, -0.15) is 0 Å². The predicted molar refractivity (Wildman–Crippen MR) is 58.8 cm³/mol. The van der Waals surface area contributed by atoms with E-state index in [0.717, 1.165) is 10.3 Å². The Morgan fingerprint density at radius 3 is 2.50 bits per heavy atom. The van der Waals surface area contributed by atoms with Crippen LogP contribution in [0.5, 0.6) is 0 Å². The minimum Gasteiger partial charge on any atom is -0.263 e. The van der Waals surface area contributed by atoms with E-state index < -0.39 is 0 Å². The van der Waals surface area contributed by atoms with Crippen LogP contribution in [0.3, 0.4) is 0 Å². The van der Waals surface area contributed by atoms with Gasteiger partial charge in [-0.25, -0.2) is 4.39 Å². The summed E-state index contributed by atoms with van der Waals surface area (Å²) in [5, 5.41) is 1.62. The second-order valence-electron chi connectivity index (χ2n) is 2.90. The Morgan fingerprint density at radius 2 is 1.79 bits per heavy atom. The van der Waals surface area contributed by atoms with Crippen molar-refractivity contribution in [2.24, 2.45) is 0 Å². The molecule has 2 rings (SSSR count). The zero-order chi connectivity index (χ0) is 9.97. The number of hydrogen-bond donors (Lipinski definition) is 1. The molecular formula is C11H10FNS. The van der Waals surface area contributed by atoms with Crippen LogP contribution < -0.4 is 4.72 Å². The Bertz CT molecular complexity index is 456. The maximum absolute atomic E-state index is 13.4. The molecule has 0 atom stereocenters. The summed E-state index contributed by atoms with van der Waals surface area (Å²) in [4.78, 5) is 1.05. The van der Waals surface area contributed by atoms with Gasteiger partial charge in [-0.3, -0.25) is 4.72 Å². The zero-order valence-electron chi connectivity index (χ0n) is 7.75. The SMILES string of the molecule is CNSc1ccc(F)c2ccccc12. The molecule has 0 fully saturated rings. The van der Waals surface area contributed by atoms with Crippen molar-refractivity contribution in [3.63, 3.8) is 0 Å². The van der Waals surface area contributed by atoms with Crippen molar-refractivity contribution in [3.8, 4) is 0 Å². The minimum absolute atomic E-state index is 0.166. The van der Waals surface area contributed by atoms with Gasteiger partial charge in [0.1, 0.15) is 5.82 Å². The first-order valence-electron chi connectivity index (χ1n) is 4.34. The molecule has 2 aromatic rings. The fourth-order valence-electron chi connectivity index (χ4n) is 1.43. The van der Waals surface area contributed by atoms with Crippen LogP contribution in [0, 0.1) is 5.82 Å². The average Bonchev–Trinajstić information content (AvgIpc) is 2.23. The number of fused-ring (bicyclic) bond motifs is 1. The maximum atomic E-state index is 13.4. The van der Waals surface area contributed by atoms with Crippen LogP contribution in [0.15, 0.2) is 41.3 Å². The van der Waals surface area contributed by atoms with Gasteiger partial charge < -0.3 is 0 Å². The summed E-state index contributed by atoms with van der Waals surface area (Å²) < 4.78 is 16.4. The first kappa shape index (κ1) is 9.49. The summed E-state index contributed by atoms with van der Waals surface area (Å²) >= 11 is 1.50. The predicted octanol–water partition coefficient (Wildman–Crippen LogP) is 3.21. The van der Waals surface area contributed by atoms with Crippen molar-refractivity contribution in [1.82, 2.24) is 4.72 Å². The molecule has 0 aromatic heterocycles. The lowest BCUT2D eigenvalue weighted by Crippen LogP contribution is -1.92. The van der Waals surface area contributed by atoms with Gasteiger partial charge in [0, 0.05) is 10.3 Å². The molecule has 2 aromatic carbocycles. The molecule has 3 heteroatoms. The first-order valence-corrected chi connectivity index (χ1v) is 5.15. The lowest BCUT2D eigenvalue weighted by Gasteiger charge is -2.05. The van der Waals surface area contributed by atoms with Crippen molar-refractivity contribution in [3.05, 3.63) is 42.2 Å². The van der Waals surface area contributed by atoms with Crippen LogP contribution in [0.25, 0.3) is 10.8 Å². The number of rotatable bonds is 2. The molecule has 0 saturated heterocycles. The highest BCUT2D eigenvalue weighted by Crippen LogP contribution is 2.27. The molecule has 0 unspecified atom stereocenters. The van der Waals surface area contributed by atoms with Crippen molar-refractivity contribution < 1.29 is 4.39 Å². The van der Waals surface area contributed by atoms with E-state index in [1.54, 1.807) is 12.1 Å². The van der Waals surface area contributed by atoms with Crippen molar-refractivity contribution in [2.75, 3.05) is 7.05 Å². The Kier molecular flexibility index (Phi) is 2.70. The van der Waals surface area contributed by atoms with Crippen LogP contribution in [-0.2, 0) is 0 Å². The van der Waals surface area contributed by atoms with Gasteiger partial charge in [-0.1, -0.05) is 24.3 Å². The molecule has 72 valence electrons. The summed E-state index contributed by atoms with van der Waals surface area (Å²) in [6.07, 6.45) is 0. The third kappa shape index (κ3) is 1.61. The van der Waals surface area contributed by atoms with Crippen LogP contribution in [0.2, 0.25) is 0 Å². The third-order valence-electron chi connectivity index (χ3n) is 2.04. The highest BCUT2D eigenvalue weighted by atomic mass is 32.2. The van der Waals surface area contributed by atoms with E-state index in [0.29, 0.717) is 5.39 Å². The Labute approximate surface area is 86.5 Å². The summed E-state index contributed by atoms with van der Waals surface area (Å²) in [6.45, 7) is 0. The summed E-state index contributed by atoms with van der Waals surface area (Å²) in [6, 6.07) is 10.8. The monoisotopic (exact) mass is 207 g/mol. The molecule has 0 amide bonds. The summed E-state index contributed by atoms with van der Waals surface area (Å²) in [5.41, 5.74) is 0. The standard InChI is InChI=1S/C11H10FNS/c1-13-14-11-7-6-10(12)8-4-2-3-5-9(8)11/h2-7,13H,1H3. The van der Waals surface area contributed by atoms with E-state index in [9.17, 15) is 4.39 Å². The zero-order valence-corrected chi connectivity index (χ0v) is 8.57. The van der Waals surface area contributed by atoms with Gasteiger partial charge >= 0.3 is 0 Å². The number of halogens is 1. The van der Waals surface area contributed by atoms with E-state index in [2.05, 4.69) is 4.72 Å². The van der Waals surface area contributed by atoms with E-state index in [1.165, 1.54) is 18.0 Å². The first-order chi connectivity index (χ1) is 6.83. The van der Waals surface area contributed by atoms with Gasteiger partial charge in [0.15, 0.2) is 0 Å². The third-order valence-corrected chi connectivity index (χ3v) is 2.82. The van der Waals surface area contributed by atoms with E-state index >= 15 is 0 Å². The Morgan fingerprint density at radius 1 is 1.07 bits per heavy atom. The summed E-state index contributed by atoms with van der Waals surface area (Å²) in [7, 11) is 1.85. The molecule has 0 radical (unpaired) electrons. The van der Waals surface area contributed by atoms with Gasteiger partial charge in [0.25, 0.3) is 0 Å². The van der Waals surface area contributed by atoms with Crippen LogP contribution in [-0.4, -0.2) is 7.05 Å². The van der Waals surface area contributed by atoms with E-state index in [1.807, 2.05) is 25.2 Å². The average molecular weight is 207 g/mol. The maximum Gasteiger partial charge on any atom is 0.131 e. The largest absolute Gasteiger partial charge is 0.263 e. The molecule has 1 nitrogen and oxygen atoms in total. The van der Waals surface area contributed by atoms with Gasteiger partial charge in [0.2, 0.25) is 0 Å². The number of benzene rings is 2. The summed E-state index contributed by atoms with van der Waals surface area (Å²) in [5.74, 6) is -0.166. The number of hydrogen-bond acceptors (Lipinski definition) is 2. The van der Waals surface area contributed by atoms with Crippen LogP contribution >= 0.6 is 11.9 Å². The second kappa shape index (κ2) is 3.98. The smallest absolute Gasteiger partial charge is 0.131 e. The second-order valence-corrected chi connectivity index (χ2v) is 3.95. The number of nitrogens with one attached hydrogen (secondary N) is 1. The van der Waals surface area contributed by atoms with Gasteiger partial charge in [-0.05, 0) is 36.5 Å². The van der Waals surface area contributed by atoms with Crippen molar-refractivity contribution >= 4 is 22.7 Å². The Hall–Kier alpha value is -1.06. The van der Waals surface area contributed by atoms with Gasteiger partial charge in [0.05, 0.1) is 0 Å². The minimum atomic E-state index is -0.166. The molecule has 1 N–H and O–H groups in total. The van der Waals surface area contributed by atoms with Crippen LogP contribution in [0.4, 0.5) is 4.39 Å². The topological polar surface area (TPSA) is 12.0 Å². The highest BCUT2D eigenvalue weighted by Gasteiger charge is 2.04. The Balaban J connectivity index is 2.68. The highest BCUT2D eigenvalue weighted by molar-refractivity contribution is 7.97. The van der Waals surface area contributed by atoms with Crippen molar-refractivity contribution in [1.29, 1.82) is 0 Å². The molecule has 0 aliphatic carbocycles. The molecule has 0 bridgehead atoms. The normalized spacial score (nSPS) is 10.7. The lowest BCUT2D eigenvalue weighted by atomic mass is 10.1. The quantitative estimate of drug-likeness (QED) is 0.759. The van der Waals surface area contributed by atoms with E-state index in [-0.39, 0.29) is 5.82 Å². The molecule has 14 heavy (non-hydrogen) atoms. The van der Waals surface area contributed by atoms with E-state index in [4.69, 9.17) is 0 Å². The molecule has 0 aliphatic rings.